The van der Waals surface area contributed by atoms with Gasteiger partial charge in [0.15, 0.2) is 0 Å². The van der Waals surface area contributed by atoms with E-state index in [4.69, 9.17) is 17.3 Å². The molecule has 0 amide bonds. The fourth-order valence-electron chi connectivity index (χ4n) is 3.18. The lowest BCUT2D eigenvalue weighted by Gasteiger charge is -2.37. The first kappa shape index (κ1) is 14.8. The van der Waals surface area contributed by atoms with Gasteiger partial charge in [0.25, 0.3) is 0 Å². The zero-order valence-electron chi connectivity index (χ0n) is 11.6. The van der Waals surface area contributed by atoms with Gasteiger partial charge in [-0.15, -0.1) is 0 Å². The molecule has 0 saturated heterocycles. The molecule has 0 radical (unpaired) electrons. The molecule has 3 heteroatoms. The van der Waals surface area contributed by atoms with Gasteiger partial charge in [-0.1, -0.05) is 31.4 Å². The van der Waals surface area contributed by atoms with Gasteiger partial charge in [-0.25, -0.2) is 4.39 Å². The van der Waals surface area contributed by atoms with Gasteiger partial charge < -0.3 is 5.73 Å². The first-order valence-corrected chi connectivity index (χ1v) is 7.63. The second-order valence-electron chi connectivity index (χ2n) is 6.01. The quantitative estimate of drug-likeness (QED) is 0.851. The highest BCUT2D eigenvalue weighted by Gasteiger charge is 2.32. The Labute approximate surface area is 120 Å². The molecule has 0 aromatic heterocycles. The first-order chi connectivity index (χ1) is 9.02. The van der Waals surface area contributed by atoms with Crippen LogP contribution in [0.2, 0.25) is 5.02 Å². The van der Waals surface area contributed by atoms with Crippen molar-refractivity contribution in [3.63, 3.8) is 0 Å². The summed E-state index contributed by atoms with van der Waals surface area (Å²) in [5.74, 6) is 0.621. The van der Waals surface area contributed by atoms with Crippen LogP contribution in [0.1, 0.15) is 51.0 Å². The summed E-state index contributed by atoms with van der Waals surface area (Å²) in [4.78, 5) is 0. The topological polar surface area (TPSA) is 26.0 Å². The first-order valence-electron chi connectivity index (χ1n) is 7.25. The van der Waals surface area contributed by atoms with E-state index in [2.05, 4.69) is 6.92 Å². The third-order valence-electron chi connectivity index (χ3n) is 4.35. The van der Waals surface area contributed by atoms with E-state index < -0.39 is 0 Å². The third-order valence-corrected chi connectivity index (χ3v) is 4.58. The molecule has 1 saturated carbocycles. The average molecular weight is 284 g/mol. The molecule has 0 atom stereocenters. The largest absolute Gasteiger partial charge is 0.325 e. The van der Waals surface area contributed by atoms with Crippen molar-refractivity contribution in [3.05, 3.63) is 34.6 Å². The minimum Gasteiger partial charge on any atom is -0.325 e. The van der Waals surface area contributed by atoms with Gasteiger partial charge in [0.1, 0.15) is 5.82 Å². The minimum absolute atomic E-state index is 0.190. The van der Waals surface area contributed by atoms with Crippen molar-refractivity contribution >= 4 is 11.6 Å². The van der Waals surface area contributed by atoms with Gasteiger partial charge in [0.2, 0.25) is 0 Å². The maximum atomic E-state index is 13.8. The summed E-state index contributed by atoms with van der Waals surface area (Å²) in [6, 6.07) is 4.73. The third kappa shape index (κ3) is 3.93. The summed E-state index contributed by atoms with van der Waals surface area (Å²) in [6.07, 6.45) is 7.46. The molecule has 1 aliphatic rings. The molecule has 1 aromatic rings. The standard InChI is InChI=1S/C16H23ClFN/c1-2-3-12-6-8-16(19,9-7-12)11-13-10-14(17)4-5-15(13)18/h4-5,10,12H,2-3,6-9,11,19H2,1H3. The lowest BCUT2D eigenvalue weighted by molar-refractivity contribution is 0.222. The molecule has 0 spiro atoms. The van der Waals surface area contributed by atoms with Gasteiger partial charge in [-0.3, -0.25) is 0 Å². The minimum atomic E-state index is -0.254. The van der Waals surface area contributed by atoms with Crippen LogP contribution < -0.4 is 5.73 Å². The van der Waals surface area contributed by atoms with Crippen LogP contribution in [0.5, 0.6) is 0 Å². The predicted octanol–water partition coefficient (Wildman–Crippen LogP) is 4.71. The van der Waals surface area contributed by atoms with Crippen molar-refractivity contribution < 1.29 is 4.39 Å². The van der Waals surface area contributed by atoms with E-state index in [1.807, 2.05) is 0 Å². The summed E-state index contributed by atoms with van der Waals surface area (Å²) in [5.41, 5.74) is 6.86. The number of rotatable bonds is 4. The van der Waals surface area contributed by atoms with Crippen LogP contribution in [0, 0.1) is 11.7 Å². The Morgan fingerprint density at radius 2 is 2.05 bits per heavy atom. The zero-order valence-corrected chi connectivity index (χ0v) is 12.3. The highest BCUT2D eigenvalue weighted by molar-refractivity contribution is 6.30. The summed E-state index contributed by atoms with van der Waals surface area (Å²) in [7, 11) is 0. The van der Waals surface area contributed by atoms with Crippen molar-refractivity contribution in [2.24, 2.45) is 11.7 Å². The highest BCUT2D eigenvalue weighted by Crippen LogP contribution is 2.35. The Morgan fingerprint density at radius 3 is 2.68 bits per heavy atom. The molecule has 19 heavy (non-hydrogen) atoms. The number of benzene rings is 1. The Bertz CT molecular complexity index is 425. The second kappa shape index (κ2) is 6.23. The van der Waals surface area contributed by atoms with Crippen LogP contribution >= 0.6 is 11.6 Å². The Balaban J connectivity index is 2.00. The second-order valence-corrected chi connectivity index (χ2v) is 6.44. The van der Waals surface area contributed by atoms with Crippen molar-refractivity contribution in [1.82, 2.24) is 0 Å². The van der Waals surface area contributed by atoms with Crippen LogP contribution in [-0.4, -0.2) is 5.54 Å². The normalized spacial score (nSPS) is 27.5. The highest BCUT2D eigenvalue weighted by atomic mass is 35.5. The van der Waals surface area contributed by atoms with Gasteiger partial charge in [0, 0.05) is 10.6 Å². The maximum Gasteiger partial charge on any atom is 0.126 e. The maximum absolute atomic E-state index is 13.8. The van der Waals surface area contributed by atoms with Crippen LogP contribution in [0.25, 0.3) is 0 Å². The Kier molecular flexibility index (Phi) is 4.86. The lowest BCUT2D eigenvalue weighted by atomic mass is 9.73. The number of hydrogen-bond donors (Lipinski definition) is 1. The molecule has 2 N–H and O–H groups in total. The molecular weight excluding hydrogens is 261 g/mol. The monoisotopic (exact) mass is 283 g/mol. The molecule has 106 valence electrons. The van der Waals surface area contributed by atoms with Crippen LogP contribution in [0.3, 0.4) is 0 Å². The van der Waals surface area contributed by atoms with Crippen molar-refractivity contribution in [1.29, 1.82) is 0 Å². The van der Waals surface area contributed by atoms with E-state index in [-0.39, 0.29) is 11.4 Å². The van der Waals surface area contributed by atoms with E-state index in [0.717, 1.165) is 18.8 Å². The fourth-order valence-corrected chi connectivity index (χ4v) is 3.38. The molecule has 1 fully saturated rings. The zero-order chi connectivity index (χ0) is 13.9. The molecule has 2 rings (SSSR count). The summed E-state index contributed by atoms with van der Waals surface area (Å²) in [6.45, 7) is 2.23. The van der Waals surface area contributed by atoms with Gasteiger partial charge in [-0.2, -0.15) is 0 Å². The molecule has 1 aliphatic carbocycles. The van der Waals surface area contributed by atoms with Crippen LogP contribution in [0.15, 0.2) is 18.2 Å². The average Bonchev–Trinajstić information content (AvgIpc) is 2.37. The van der Waals surface area contributed by atoms with Crippen molar-refractivity contribution in [3.8, 4) is 0 Å². The predicted molar refractivity (Wildman–Crippen MR) is 78.9 cm³/mol. The van der Waals surface area contributed by atoms with E-state index >= 15 is 0 Å². The van der Waals surface area contributed by atoms with Gasteiger partial charge in [-0.05, 0) is 61.8 Å². The fraction of sp³-hybridized carbons (Fsp3) is 0.625. The molecule has 0 bridgehead atoms. The van der Waals surface area contributed by atoms with E-state index in [9.17, 15) is 4.39 Å². The summed E-state index contributed by atoms with van der Waals surface area (Å²) < 4.78 is 13.8. The summed E-state index contributed by atoms with van der Waals surface area (Å²) in [5, 5.41) is 0.583. The lowest BCUT2D eigenvalue weighted by Crippen LogP contribution is -2.45. The number of hydrogen-bond acceptors (Lipinski definition) is 1. The van der Waals surface area contributed by atoms with Gasteiger partial charge >= 0.3 is 0 Å². The van der Waals surface area contributed by atoms with Crippen LogP contribution in [-0.2, 0) is 6.42 Å². The van der Waals surface area contributed by atoms with E-state index in [1.165, 1.54) is 31.7 Å². The van der Waals surface area contributed by atoms with E-state index in [1.54, 1.807) is 12.1 Å². The van der Waals surface area contributed by atoms with Crippen LogP contribution in [0.4, 0.5) is 4.39 Å². The smallest absolute Gasteiger partial charge is 0.126 e. The van der Waals surface area contributed by atoms with Gasteiger partial charge in [0.05, 0.1) is 0 Å². The Morgan fingerprint density at radius 1 is 1.37 bits per heavy atom. The number of nitrogens with two attached hydrogens (primary N) is 1. The molecular formula is C16H23ClFN. The SMILES string of the molecule is CCCC1CCC(N)(Cc2cc(Cl)ccc2F)CC1. The van der Waals surface area contributed by atoms with Crippen molar-refractivity contribution in [2.75, 3.05) is 0 Å². The van der Waals surface area contributed by atoms with E-state index in [0.29, 0.717) is 17.0 Å². The summed E-state index contributed by atoms with van der Waals surface area (Å²) >= 11 is 5.94. The van der Waals surface area contributed by atoms with Crippen molar-refractivity contribution in [2.45, 2.75) is 57.4 Å². The molecule has 0 aliphatic heterocycles. The molecule has 1 nitrogen and oxygen atoms in total. The molecule has 0 heterocycles. The molecule has 0 unspecified atom stereocenters. The Hall–Kier alpha value is -0.600. The number of halogens is 2. The molecule has 1 aromatic carbocycles.